The number of carbonyl (C=O) groups is 1. The molecule has 0 saturated carbocycles. The van der Waals surface area contributed by atoms with Crippen molar-refractivity contribution in [3.05, 3.63) is 80.6 Å². The Morgan fingerprint density at radius 3 is 2.48 bits per heavy atom. The topological polar surface area (TPSA) is 62.0 Å². The molecule has 1 heterocycles. The van der Waals surface area contributed by atoms with Crippen LogP contribution in [0.4, 0.5) is 26.3 Å². The molecule has 1 unspecified atom stereocenters. The summed E-state index contributed by atoms with van der Waals surface area (Å²) in [4.78, 5) is 27.3. The summed E-state index contributed by atoms with van der Waals surface area (Å²) < 4.78 is 82.3. The van der Waals surface area contributed by atoms with Gasteiger partial charge in [-0.15, -0.1) is 0 Å². The molecule has 1 aromatic heterocycles. The van der Waals surface area contributed by atoms with Crippen LogP contribution in [-0.4, -0.2) is 17.1 Å². The van der Waals surface area contributed by atoms with Crippen LogP contribution < -0.4 is 10.9 Å². The molecule has 165 valence electrons. The number of H-pyrrole nitrogens is 1. The van der Waals surface area contributed by atoms with Gasteiger partial charge >= 0.3 is 6.18 Å². The van der Waals surface area contributed by atoms with E-state index in [-0.39, 0.29) is 11.3 Å². The Kier molecular flexibility index (Phi) is 6.02. The van der Waals surface area contributed by atoms with Crippen LogP contribution in [0.3, 0.4) is 0 Å². The van der Waals surface area contributed by atoms with Crippen LogP contribution in [0, 0.1) is 18.1 Å². The monoisotopic (exact) mass is 443 g/mol. The van der Waals surface area contributed by atoms with Gasteiger partial charge in [0, 0.05) is 29.3 Å². The summed E-state index contributed by atoms with van der Waals surface area (Å²) in [6.07, 6.45) is -4.12. The molecule has 2 aromatic rings. The molecule has 0 bridgehead atoms. The fraction of sp³-hybridized carbons (Fsp3) is 0.286. The van der Waals surface area contributed by atoms with E-state index in [1.165, 1.54) is 6.92 Å². The van der Waals surface area contributed by atoms with Crippen molar-refractivity contribution < 1.29 is 31.1 Å². The molecule has 1 aromatic carbocycles. The van der Waals surface area contributed by atoms with E-state index in [1.54, 1.807) is 0 Å². The summed E-state index contributed by atoms with van der Waals surface area (Å²) in [6.45, 7) is 2.44. The molecule has 1 aliphatic rings. The molecule has 1 radical (unpaired) electrons. The van der Waals surface area contributed by atoms with E-state index < -0.39 is 64.1 Å². The lowest BCUT2D eigenvalue weighted by Gasteiger charge is -2.25. The van der Waals surface area contributed by atoms with Gasteiger partial charge in [0.1, 0.15) is 17.8 Å². The molecule has 4 nitrogen and oxygen atoms in total. The second-order valence-electron chi connectivity index (χ2n) is 7.16. The number of benzene rings is 1. The second kappa shape index (κ2) is 8.24. The van der Waals surface area contributed by atoms with Crippen molar-refractivity contribution in [2.75, 3.05) is 0 Å². The van der Waals surface area contributed by atoms with E-state index in [0.29, 0.717) is 12.5 Å². The van der Waals surface area contributed by atoms with Crippen molar-refractivity contribution in [1.29, 1.82) is 0 Å². The van der Waals surface area contributed by atoms with Crippen LogP contribution in [0.15, 0.2) is 29.1 Å². The first-order valence-electron chi connectivity index (χ1n) is 9.20. The molecule has 3 rings (SSSR count). The van der Waals surface area contributed by atoms with Gasteiger partial charge in [-0.3, -0.25) is 9.59 Å². The highest BCUT2D eigenvalue weighted by Gasteiger charge is 2.42. The van der Waals surface area contributed by atoms with Crippen LogP contribution in [0.2, 0.25) is 0 Å². The Morgan fingerprint density at radius 1 is 1.19 bits per heavy atom. The maximum Gasteiger partial charge on any atom is 0.417 e. The van der Waals surface area contributed by atoms with E-state index in [2.05, 4.69) is 10.3 Å². The zero-order chi connectivity index (χ0) is 23.1. The molecule has 0 saturated heterocycles. The Morgan fingerprint density at radius 2 is 1.87 bits per heavy atom. The van der Waals surface area contributed by atoms with E-state index in [9.17, 15) is 35.9 Å². The minimum Gasteiger partial charge on any atom is -0.349 e. The fourth-order valence-electron chi connectivity index (χ4n) is 3.48. The average Bonchev–Trinajstić information content (AvgIpc) is 2.65. The summed E-state index contributed by atoms with van der Waals surface area (Å²) in [7, 11) is 0. The first kappa shape index (κ1) is 22.6. The molecule has 1 amide bonds. The number of aromatic amines is 1. The zero-order valence-electron chi connectivity index (χ0n) is 16.3. The van der Waals surface area contributed by atoms with Crippen LogP contribution in [0.1, 0.15) is 53.8 Å². The van der Waals surface area contributed by atoms with Gasteiger partial charge in [-0.1, -0.05) is 6.07 Å². The second-order valence-corrected chi connectivity index (χ2v) is 7.16. The first-order valence-corrected chi connectivity index (χ1v) is 9.20. The number of fused-ring (bicyclic) bond motifs is 1. The lowest BCUT2D eigenvalue weighted by atomic mass is 9.87. The number of alkyl halides is 4. The highest BCUT2D eigenvalue weighted by molar-refractivity contribution is 5.84. The average molecular weight is 443 g/mol. The third-order valence-electron chi connectivity index (χ3n) is 4.99. The van der Waals surface area contributed by atoms with Gasteiger partial charge in [-0.25, -0.2) is 13.2 Å². The Hall–Kier alpha value is -3.04. The molecular weight excluding hydrogens is 426 g/mol. The minimum atomic E-state index is -5.04. The quantitative estimate of drug-likeness (QED) is 0.681. The molecule has 0 fully saturated rings. The van der Waals surface area contributed by atoms with Crippen molar-refractivity contribution in [1.82, 2.24) is 10.3 Å². The summed E-state index contributed by atoms with van der Waals surface area (Å²) in [5.41, 5.74) is -4.30. The van der Waals surface area contributed by atoms with Gasteiger partial charge in [-0.2, -0.15) is 13.2 Å². The number of pyridine rings is 1. The predicted octanol–water partition coefficient (Wildman–Crippen LogP) is 4.57. The van der Waals surface area contributed by atoms with Gasteiger partial charge in [0.2, 0.25) is 5.91 Å². The van der Waals surface area contributed by atoms with Crippen LogP contribution >= 0.6 is 0 Å². The Bertz CT molecular complexity index is 1110. The lowest BCUT2D eigenvalue weighted by molar-refractivity contribution is -0.139. The highest BCUT2D eigenvalue weighted by Crippen LogP contribution is 2.40. The number of allylic oxidation sites excluding steroid dienone is 1. The maximum atomic E-state index is 13.9. The molecular formula is C21H17F6N2O2. The van der Waals surface area contributed by atoms with Crippen molar-refractivity contribution >= 4 is 12.0 Å². The van der Waals surface area contributed by atoms with Gasteiger partial charge in [0.05, 0.1) is 17.5 Å². The smallest absolute Gasteiger partial charge is 0.349 e. The highest BCUT2D eigenvalue weighted by atomic mass is 19.4. The normalized spacial score (nSPS) is 17.7. The number of nitrogens with one attached hydrogen (secondary N) is 2. The number of hydrogen-bond donors (Lipinski definition) is 2. The molecule has 31 heavy (non-hydrogen) atoms. The van der Waals surface area contributed by atoms with Gasteiger partial charge in [0.25, 0.3) is 5.56 Å². The van der Waals surface area contributed by atoms with Crippen LogP contribution in [-0.2, 0) is 11.0 Å². The van der Waals surface area contributed by atoms with E-state index in [1.807, 2.05) is 0 Å². The fourth-order valence-corrected chi connectivity index (χ4v) is 3.48. The van der Waals surface area contributed by atoms with E-state index in [4.69, 9.17) is 0 Å². The largest absolute Gasteiger partial charge is 0.417 e. The van der Waals surface area contributed by atoms with Crippen molar-refractivity contribution in [2.45, 2.75) is 38.2 Å². The number of amides is 1. The number of aromatic nitrogens is 1. The summed E-state index contributed by atoms with van der Waals surface area (Å²) >= 11 is 0. The molecule has 0 spiro atoms. The van der Waals surface area contributed by atoms with Gasteiger partial charge < -0.3 is 10.3 Å². The zero-order valence-corrected chi connectivity index (χ0v) is 16.3. The first-order chi connectivity index (χ1) is 14.4. The predicted molar refractivity (Wildman–Crippen MR) is 101 cm³/mol. The number of carbonyl (C=O) groups excluding carboxylic acids is 1. The van der Waals surface area contributed by atoms with Gasteiger partial charge in [0.15, 0.2) is 0 Å². The summed E-state index contributed by atoms with van der Waals surface area (Å²) in [5.74, 6) is -4.37. The number of halogens is 6. The van der Waals surface area contributed by atoms with E-state index >= 15 is 0 Å². The standard InChI is InChI=1S/C21H17F6N2O2/c1-9(19(30)28-10(2)13-5-3-12(23)8-15(13)24)17-18(21(25,26)27)14-7-11(22)4-6-16(14)29-20(17)31/h3-11H,1-2H3,(H,28,30)(H,29,31)/t9-,10-,11?/m0/s1. The number of rotatable bonds is 4. The van der Waals surface area contributed by atoms with Crippen molar-refractivity contribution in [2.24, 2.45) is 0 Å². The minimum absolute atomic E-state index is 0.0870. The number of hydrogen-bond acceptors (Lipinski definition) is 2. The summed E-state index contributed by atoms with van der Waals surface area (Å²) in [6, 6.07) is 1.65. The van der Waals surface area contributed by atoms with Crippen LogP contribution in [0.5, 0.6) is 0 Å². The molecule has 2 N–H and O–H groups in total. The third kappa shape index (κ3) is 4.52. The van der Waals surface area contributed by atoms with E-state index in [0.717, 1.165) is 31.2 Å². The summed E-state index contributed by atoms with van der Waals surface area (Å²) in [5, 5.41) is 2.33. The van der Waals surface area contributed by atoms with Crippen molar-refractivity contribution in [3.63, 3.8) is 0 Å². The maximum absolute atomic E-state index is 13.9. The molecule has 1 aliphatic carbocycles. The van der Waals surface area contributed by atoms with Crippen LogP contribution in [0.25, 0.3) is 6.08 Å². The van der Waals surface area contributed by atoms with Crippen molar-refractivity contribution in [3.8, 4) is 0 Å². The Labute approximate surface area is 173 Å². The van der Waals surface area contributed by atoms with Gasteiger partial charge in [-0.05, 0) is 37.6 Å². The SMILES string of the molecule is C[C@H](NC(=O)[C@@H](C)c1c(C(F)(F)F)c2c([nH]c1=O)C=CC(F)[CH]2)c1ccc(F)cc1F. The molecule has 0 aliphatic heterocycles. The lowest BCUT2D eigenvalue weighted by Crippen LogP contribution is -2.36. The third-order valence-corrected chi connectivity index (χ3v) is 4.99. The Balaban J connectivity index is 2.00. The molecule has 3 atom stereocenters. The molecule has 10 heteroatoms.